The standard InChI is InChI=1S/C9H10BrFN2O2/c1-2-3-12-8-4-6(10)7(11)5-9(8)13(14)15/h4-5,12H,2-3H2,1H3. The first kappa shape index (κ1) is 11.9. The van der Waals surface area contributed by atoms with Crippen LogP contribution in [-0.2, 0) is 0 Å². The summed E-state index contributed by atoms with van der Waals surface area (Å²) in [5.41, 5.74) is 0.0827. The van der Waals surface area contributed by atoms with Gasteiger partial charge in [-0.1, -0.05) is 6.92 Å². The summed E-state index contributed by atoms with van der Waals surface area (Å²) in [7, 11) is 0. The molecule has 0 atom stereocenters. The number of anilines is 1. The molecule has 0 saturated carbocycles. The summed E-state index contributed by atoms with van der Waals surface area (Å²) in [4.78, 5) is 10.0. The minimum Gasteiger partial charge on any atom is -0.379 e. The smallest absolute Gasteiger partial charge is 0.295 e. The summed E-state index contributed by atoms with van der Waals surface area (Å²) in [5.74, 6) is -0.635. The van der Waals surface area contributed by atoms with Crippen molar-refractivity contribution in [3.8, 4) is 0 Å². The fourth-order valence-corrected chi connectivity index (χ4v) is 1.43. The summed E-state index contributed by atoms with van der Waals surface area (Å²) in [6.45, 7) is 2.55. The van der Waals surface area contributed by atoms with Gasteiger partial charge in [0.25, 0.3) is 5.69 Å². The lowest BCUT2D eigenvalue weighted by Gasteiger charge is -2.06. The fraction of sp³-hybridized carbons (Fsp3) is 0.333. The van der Waals surface area contributed by atoms with Crippen LogP contribution < -0.4 is 5.32 Å². The molecule has 0 aliphatic carbocycles. The van der Waals surface area contributed by atoms with Crippen LogP contribution >= 0.6 is 15.9 Å². The molecular formula is C9H10BrFN2O2. The van der Waals surface area contributed by atoms with Gasteiger partial charge in [-0.2, -0.15) is 0 Å². The van der Waals surface area contributed by atoms with Crippen molar-refractivity contribution in [2.45, 2.75) is 13.3 Å². The van der Waals surface area contributed by atoms with E-state index in [1.165, 1.54) is 6.07 Å². The monoisotopic (exact) mass is 276 g/mol. The van der Waals surface area contributed by atoms with E-state index in [4.69, 9.17) is 0 Å². The lowest BCUT2D eigenvalue weighted by molar-refractivity contribution is -0.384. The molecule has 0 heterocycles. The topological polar surface area (TPSA) is 55.2 Å². The van der Waals surface area contributed by atoms with Crippen molar-refractivity contribution in [3.63, 3.8) is 0 Å². The molecule has 15 heavy (non-hydrogen) atoms. The molecule has 82 valence electrons. The molecule has 0 amide bonds. The van der Waals surface area contributed by atoms with Crippen LogP contribution in [0.15, 0.2) is 16.6 Å². The largest absolute Gasteiger partial charge is 0.379 e. The molecule has 1 aromatic carbocycles. The quantitative estimate of drug-likeness (QED) is 0.678. The van der Waals surface area contributed by atoms with E-state index in [0.29, 0.717) is 12.2 Å². The fourth-order valence-electron chi connectivity index (χ4n) is 1.09. The zero-order chi connectivity index (χ0) is 11.4. The van der Waals surface area contributed by atoms with Crippen molar-refractivity contribution in [2.24, 2.45) is 0 Å². The maximum Gasteiger partial charge on any atom is 0.295 e. The first-order valence-corrected chi connectivity index (χ1v) is 5.23. The number of benzene rings is 1. The van der Waals surface area contributed by atoms with Crippen LogP contribution in [0, 0.1) is 15.9 Å². The van der Waals surface area contributed by atoms with Gasteiger partial charge in [-0.15, -0.1) is 0 Å². The van der Waals surface area contributed by atoms with E-state index >= 15 is 0 Å². The second kappa shape index (κ2) is 5.06. The Kier molecular flexibility index (Phi) is 4.02. The molecule has 0 radical (unpaired) electrons. The first-order valence-electron chi connectivity index (χ1n) is 4.43. The highest BCUT2D eigenvalue weighted by Crippen LogP contribution is 2.30. The van der Waals surface area contributed by atoms with E-state index in [1.807, 2.05) is 6.92 Å². The summed E-state index contributed by atoms with van der Waals surface area (Å²) in [5, 5.41) is 13.5. The van der Waals surface area contributed by atoms with Gasteiger partial charge in [0.1, 0.15) is 11.5 Å². The van der Waals surface area contributed by atoms with Gasteiger partial charge in [0, 0.05) is 6.54 Å². The lowest BCUT2D eigenvalue weighted by atomic mass is 10.2. The molecule has 6 heteroatoms. The van der Waals surface area contributed by atoms with E-state index in [0.717, 1.165) is 12.5 Å². The van der Waals surface area contributed by atoms with Gasteiger partial charge >= 0.3 is 0 Å². The Balaban J connectivity index is 3.10. The van der Waals surface area contributed by atoms with Crippen molar-refractivity contribution in [2.75, 3.05) is 11.9 Å². The molecule has 0 aromatic heterocycles. The van der Waals surface area contributed by atoms with Gasteiger partial charge in [0.15, 0.2) is 0 Å². The SMILES string of the molecule is CCCNc1cc(Br)c(F)cc1[N+](=O)[O-]. The molecule has 0 fully saturated rings. The minimum absolute atomic E-state index is 0.215. The molecule has 0 aliphatic rings. The van der Waals surface area contributed by atoms with E-state index in [2.05, 4.69) is 21.2 Å². The molecule has 1 N–H and O–H groups in total. The first-order chi connectivity index (χ1) is 7.06. The van der Waals surface area contributed by atoms with E-state index in [-0.39, 0.29) is 10.2 Å². The van der Waals surface area contributed by atoms with Gasteiger partial charge in [0.05, 0.1) is 15.5 Å². The number of nitro benzene ring substituents is 1. The number of nitrogens with one attached hydrogen (secondary N) is 1. The normalized spacial score (nSPS) is 10.1. The maximum absolute atomic E-state index is 13.1. The predicted octanol–water partition coefficient (Wildman–Crippen LogP) is 3.32. The van der Waals surface area contributed by atoms with Gasteiger partial charge in [-0.3, -0.25) is 10.1 Å². The third kappa shape index (κ3) is 2.89. The molecule has 0 bridgehead atoms. The molecule has 4 nitrogen and oxygen atoms in total. The lowest BCUT2D eigenvalue weighted by Crippen LogP contribution is -2.03. The highest BCUT2D eigenvalue weighted by molar-refractivity contribution is 9.10. The Bertz CT molecular complexity index is 385. The van der Waals surface area contributed by atoms with E-state index < -0.39 is 10.7 Å². The van der Waals surface area contributed by atoms with Crippen LogP contribution in [0.2, 0.25) is 0 Å². The molecule has 0 unspecified atom stereocenters. The van der Waals surface area contributed by atoms with Gasteiger partial charge < -0.3 is 5.32 Å². The summed E-state index contributed by atoms with van der Waals surface area (Å²) >= 11 is 2.98. The molecule has 0 spiro atoms. The Hall–Kier alpha value is -1.17. The van der Waals surface area contributed by atoms with Crippen molar-refractivity contribution < 1.29 is 9.31 Å². The Morgan fingerprint density at radius 3 is 2.80 bits per heavy atom. The summed E-state index contributed by atoms with van der Waals surface area (Å²) < 4.78 is 13.3. The predicted molar refractivity (Wildman–Crippen MR) is 59.5 cm³/mol. The van der Waals surface area contributed by atoms with Crippen LogP contribution in [0.4, 0.5) is 15.8 Å². The number of rotatable bonds is 4. The zero-order valence-corrected chi connectivity index (χ0v) is 9.67. The van der Waals surface area contributed by atoms with Crippen molar-refractivity contribution in [1.29, 1.82) is 0 Å². The van der Waals surface area contributed by atoms with Crippen LogP contribution in [-0.4, -0.2) is 11.5 Å². The van der Waals surface area contributed by atoms with E-state index in [9.17, 15) is 14.5 Å². The summed E-state index contributed by atoms with van der Waals surface area (Å²) in [6.07, 6.45) is 0.839. The Labute approximate surface area is 94.8 Å². The molecule has 0 saturated heterocycles. The van der Waals surface area contributed by atoms with Crippen LogP contribution in [0.25, 0.3) is 0 Å². The van der Waals surface area contributed by atoms with Crippen LogP contribution in [0.3, 0.4) is 0 Å². The molecule has 1 rings (SSSR count). The Morgan fingerprint density at radius 1 is 1.60 bits per heavy atom. The second-order valence-corrected chi connectivity index (χ2v) is 3.82. The number of halogens is 2. The summed E-state index contributed by atoms with van der Waals surface area (Å²) in [6, 6.07) is 2.28. The van der Waals surface area contributed by atoms with Gasteiger partial charge in [-0.25, -0.2) is 4.39 Å². The maximum atomic E-state index is 13.1. The van der Waals surface area contributed by atoms with E-state index in [1.54, 1.807) is 0 Å². The number of hydrogen-bond donors (Lipinski definition) is 1. The van der Waals surface area contributed by atoms with Gasteiger partial charge in [-0.05, 0) is 28.4 Å². The second-order valence-electron chi connectivity index (χ2n) is 2.97. The minimum atomic E-state index is -0.635. The van der Waals surface area contributed by atoms with Crippen molar-refractivity contribution in [1.82, 2.24) is 0 Å². The highest BCUT2D eigenvalue weighted by Gasteiger charge is 2.16. The number of hydrogen-bond acceptors (Lipinski definition) is 3. The van der Waals surface area contributed by atoms with Crippen molar-refractivity contribution >= 4 is 27.3 Å². The number of nitrogens with zero attached hydrogens (tertiary/aromatic N) is 1. The average molecular weight is 277 g/mol. The number of nitro groups is 1. The highest BCUT2D eigenvalue weighted by atomic mass is 79.9. The molecule has 1 aromatic rings. The third-order valence-corrected chi connectivity index (χ3v) is 2.41. The van der Waals surface area contributed by atoms with Crippen molar-refractivity contribution in [3.05, 3.63) is 32.5 Å². The zero-order valence-electron chi connectivity index (χ0n) is 8.09. The Morgan fingerprint density at radius 2 is 2.27 bits per heavy atom. The average Bonchev–Trinajstić information content (AvgIpc) is 2.19. The van der Waals surface area contributed by atoms with Crippen LogP contribution in [0.5, 0.6) is 0 Å². The molecule has 0 aliphatic heterocycles. The van der Waals surface area contributed by atoms with Crippen LogP contribution in [0.1, 0.15) is 13.3 Å². The third-order valence-electron chi connectivity index (χ3n) is 1.80. The molecular weight excluding hydrogens is 267 g/mol. The van der Waals surface area contributed by atoms with Gasteiger partial charge in [0.2, 0.25) is 0 Å².